The van der Waals surface area contributed by atoms with Gasteiger partial charge in [0, 0.05) is 32.6 Å². The average Bonchev–Trinajstić information content (AvgIpc) is 2.59. The lowest BCUT2D eigenvalue weighted by molar-refractivity contribution is -0.132. The molecule has 7 nitrogen and oxygen atoms in total. The molecular formula is C17H24N2O5S. The van der Waals surface area contributed by atoms with Crippen LogP contribution in [0.15, 0.2) is 29.2 Å². The minimum absolute atomic E-state index is 0.0412. The van der Waals surface area contributed by atoms with Gasteiger partial charge in [-0.25, -0.2) is 13.2 Å². The summed E-state index contributed by atoms with van der Waals surface area (Å²) in [5.74, 6) is -0.576. The number of carboxylic acid groups (broad SMARTS) is 1. The number of carbonyl (C=O) groups is 2. The van der Waals surface area contributed by atoms with E-state index in [1.807, 2.05) is 0 Å². The van der Waals surface area contributed by atoms with Crippen molar-refractivity contribution in [2.75, 3.05) is 26.2 Å². The summed E-state index contributed by atoms with van der Waals surface area (Å²) in [5.41, 5.74) is 0.0412. The summed E-state index contributed by atoms with van der Waals surface area (Å²) in [6, 6.07) is 5.17. The molecule has 0 radical (unpaired) electrons. The smallest absolute Gasteiger partial charge is 0.335 e. The van der Waals surface area contributed by atoms with E-state index >= 15 is 0 Å². The highest BCUT2D eigenvalue weighted by molar-refractivity contribution is 7.89. The molecule has 0 aromatic heterocycles. The van der Waals surface area contributed by atoms with Crippen LogP contribution in [0.4, 0.5) is 0 Å². The highest BCUT2D eigenvalue weighted by Gasteiger charge is 2.30. The maximum atomic E-state index is 12.6. The largest absolute Gasteiger partial charge is 0.478 e. The quantitative estimate of drug-likeness (QED) is 0.824. The Labute approximate surface area is 148 Å². The van der Waals surface area contributed by atoms with E-state index in [-0.39, 0.29) is 29.5 Å². The highest BCUT2D eigenvalue weighted by Crippen LogP contribution is 2.19. The Bertz CT molecular complexity index is 720. The van der Waals surface area contributed by atoms with Gasteiger partial charge >= 0.3 is 5.97 Å². The lowest BCUT2D eigenvalue weighted by Crippen LogP contribution is -2.50. The first-order chi connectivity index (χ1) is 11.7. The van der Waals surface area contributed by atoms with Crippen LogP contribution in [-0.4, -0.2) is 60.8 Å². The third kappa shape index (κ3) is 4.79. The molecule has 138 valence electrons. The standard InChI is InChI=1S/C17H24N2O5S/c1-13(2)3-8-16(20)18-9-11-19(12-10-18)25(23,24)15-6-4-14(5-7-15)17(21)22/h4-7,13H,3,8-12H2,1-2H3,(H,21,22). The molecule has 0 spiro atoms. The second kappa shape index (κ2) is 7.97. The van der Waals surface area contributed by atoms with Gasteiger partial charge in [0.2, 0.25) is 15.9 Å². The van der Waals surface area contributed by atoms with Gasteiger partial charge in [-0.2, -0.15) is 4.31 Å². The molecule has 0 unspecified atom stereocenters. The van der Waals surface area contributed by atoms with E-state index < -0.39 is 16.0 Å². The molecule has 0 atom stereocenters. The summed E-state index contributed by atoms with van der Waals surface area (Å²) in [5, 5.41) is 8.89. The molecule has 1 aromatic carbocycles. The van der Waals surface area contributed by atoms with Crippen molar-refractivity contribution < 1.29 is 23.1 Å². The molecule has 0 bridgehead atoms. The molecule has 1 aromatic rings. The monoisotopic (exact) mass is 368 g/mol. The highest BCUT2D eigenvalue weighted by atomic mass is 32.2. The number of benzene rings is 1. The third-order valence-electron chi connectivity index (χ3n) is 4.27. The second-order valence-corrected chi connectivity index (χ2v) is 8.48. The molecule has 8 heteroatoms. The van der Waals surface area contributed by atoms with Crippen LogP contribution >= 0.6 is 0 Å². The predicted molar refractivity (Wildman–Crippen MR) is 92.8 cm³/mol. The minimum atomic E-state index is -3.68. The van der Waals surface area contributed by atoms with Gasteiger partial charge in [-0.3, -0.25) is 4.79 Å². The maximum absolute atomic E-state index is 12.6. The number of piperazine rings is 1. The minimum Gasteiger partial charge on any atom is -0.478 e. The van der Waals surface area contributed by atoms with Gasteiger partial charge in [-0.1, -0.05) is 13.8 Å². The number of carbonyl (C=O) groups excluding carboxylic acids is 1. The fraction of sp³-hybridized carbons (Fsp3) is 0.529. The fourth-order valence-electron chi connectivity index (χ4n) is 2.67. The zero-order chi connectivity index (χ0) is 18.6. The summed E-state index contributed by atoms with van der Waals surface area (Å²) in [6.45, 7) is 5.38. The predicted octanol–water partition coefficient (Wildman–Crippen LogP) is 1.65. The molecule has 2 rings (SSSR count). The van der Waals surface area contributed by atoms with Crippen molar-refractivity contribution in [3.05, 3.63) is 29.8 Å². The van der Waals surface area contributed by atoms with Crippen molar-refractivity contribution in [3.63, 3.8) is 0 Å². The average molecular weight is 368 g/mol. The Kier molecular flexibility index (Phi) is 6.18. The van der Waals surface area contributed by atoms with Crippen molar-refractivity contribution in [1.82, 2.24) is 9.21 Å². The molecule has 1 N–H and O–H groups in total. The number of amides is 1. The van der Waals surface area contributed by atoms with Crippen LogP contribution in [0.2, 0.25) is 0 Å². The van der Waals surface area contributed by atoms with Gasteiger partial charge in [0.1, 0.15) is 0 Å². The van der Waals surface area contributed by atoms with Crippen molar-refractivity contribution in [2.45, 2.75) is 31.6 Å². The number of hydrogen-bond acceptors (Lipinski definition) is 4. The lowest BCUT2D eigenvalue weighted by Gasteiger charge is -2.34. The van der Waals surface area contributed by atoms with Crippen molar-refractivity contribution in [2.24, 2.45) is 5.92 Å². The van der Waals surface area contributed by atoms with Crippen molar-refractivity contribution in [1.29, 1.82) is 0 Å². The molecule has 0 aliphatic carbocycles. The van der Waals surface area contributed by atoms with Gasteiger partial charge in [-0.05, 0) is 36.6 Å². The molecular weight excluding hydrogens is 344 g/mol. The van der Waals surface area contributed by atoms with Crippen LogP contribution in [0, 0.1) is 5.92 Å². The number of sulfonamides is 1. The molecule has 1 heterocycles. The fourth-order valence-corrected chi connectivity index (χ4v) is 4.09. The first-order valence-corrected chi connectivity index (χ1v) is 9.77. The van der Waals surface area contributed by atoms with Crippen LogP contribution in [-0.2, 0) is 14.8 Å². The number of carboxylic acids is 1. The Hall–Kier alpha value is -1.93. The summed E-state index contributed by atoms with van der Waals surface area (Å²) >= 11 is 0. The van der Waals surface area contributed by atoms with E-state index in [1.165, 1.54) is 28.6 Å². The van der Waals surface area contributed by atoms with Gasteiger partial charge < -0.3 is 10.0 Å². The Balaban J connectivity index is 1.99. The van der Waals surface area contributed by atoms with Gasteiger partial charge in [0.25, 0.3) is 0 Å². The van der Waals surface area contributed by atoms with E-state index in [0.29, 0.717) is 25.4 Å². The third-order valence-corrected chi connectivity index (χ3v) is 6.18. The molecule has 0 saturated carbocycles. The Morgan fingerprint density at radius 1 is 1.08 bits per heavy atom. The van der Waals surface area contributed by atoms with E-state index in [1.54, 1.807) is 4.90 Å². The first-order valence-electron chi connectivity index (χ1n) is 8.33. The molecule has 1 amide bonds. The molecule has 25 heavy (non-hydrogen) atoms. The van der Waals surface area contributed by atoms with Gasteiger partial charge in [-0.15, -0.1) is 0 Å². The SMILES string of the molecule is CC(C)CCC(=O)N1CCN(S(=O)(=O)c2ccc(C(=O)O)cc2)CC1. The maximum Gasteiger partial charge on any atom is 0.335 e. The van der Waals surface area contributed by atoms with E-state index in [4.69, 9.17) is 5.11 Å². The zero-order valence-electron chi connectivity index (χ0n) is 14.5. The number of hydrogen-bond donors (Lipinski definition) is 1. The van der Waals surface area contributed by atoms with Crippen molar-refractivity contribution >= 4 is 21.9 Å². The van der Waals surface area contributed by atoms with Crippen LogP contribution < -0.4 is 0 Å². The second-order valence-electron chi connectivity index (χ2n) is 6.55. The van der Waals surface area contributed by atoms with Crippen LogP contribution in [0.1, 0.15) is 37.0 Å². The van der Waals surface area contributed by atoms with E-state index in [0.717, 1.165) is 6.42 Å². The first kappa shape index (κ1) is 19.4. The van der Waals surface area contributed by atoms with Crippen LogP contribution in [0.25, 0.3) is 0 Å². The molecule has 1 aliphatic rings. The summed E-state index contributed by atoms with van der Waals surface area (Å²) < 4.78 is 26.6. The Morgan fingerprint density at radius 3 is 2.12 bits per heavy atom. The number of aromatic carboxylic acids is 1. The Morgan fingerprint density at radius 2 is 1.64 bits per heavy atom. The summed E-state index contributed by atoms with van der Waals surface area (Å²) in [7, 11) is -3.68. The number of nitrogens with zero attached hydrogens (tertiary/aromatic N) is 2. The topological polar surface area (TPSA) is 95.0 Å². The van der Waals surface area contributed by atoms with Gasteiger partial charge in [0.15, 0.2) is 0 Å². The molecule has 1 aliphatic heterocycles. The molecule has 1 fully saturated rings. The zero-order valence-corrected chi connectivity index (χ0v) is 15.3. The van der Waals surface area contributed by atoms with E-state index in [9.17, 15) is 18.0 Å². The van der Waals surface area contributed by atoms with Gasteiger partial charge in [0.05, 0.1) is 10.5 Å². The summed E-state index contributed by atoms with van der Waals surface area (Å²) in [6.07, 6.45) is 1.31. The lowest BCUT2D eigenvalue weighted by atomic mass is 10.1. The van der Waals surface area contributed by atoms with Crippen LogP contribution in [0.3, 0.4) is 0 Å². The van der Waals surface area contributed by atoms with Crippen molar-refractivity contribution in [3.8, 4) is 0 Å². The summed E-state index contributed by atoms with van der Waals surface area (Å²) in [4.78, 5) is 24.8. The normalized spacial score (nSPS) is 16.2. The molecule has 1 saturated heterocycles. The number of rotatable bonds is 6. The van der Waals surface area contributed by atoms with Crippen LogP contribution in [0.5, 0.6) is 0 Å². The van der Waals surface area contributed by atoms with E-state index in [2.05, 4.69) is 13.8 Å².